The van der Waals surface area contributed by atoms with Crippen molar-refractivity contribution in [3.05, 3.63) is 75.4 Å². The second kappa shape index (κ2) is 6.51. The van der Waals surface area contributed by atoms with E-state index in [2.05, 4.69) is 33.2 Å². The summed E-state index contributed by atoms with van der Waals surface area (Å²) in [6.07, 6.45) is 4.00. The summed E-state index contributed by atoms with van der Waals surface area (Å²) >= 11 is 9.71. The van der Waals surface area contributed by atoms with Crippen LogP contribution in [0.3, 0.4) is 0 Å². The Bertz CT molecular complexity index is 822. The molecule has 0 unspecified atom stereocenters. The largest absolute Gasteiger partial charge is 0.240 e. The second-order valence-electron chi connectivity index (χ2n) is 4.97. The number of aromatic nitrogens is 2. The first kappa shape index (κ1) is 15.1. The van der Waals surface area contributed by atoms with E-state index in [1.165, 1.54) is 0 Å². The number of hydrogen-bond acceptors (Lipinski definition) is 1. The van der Waals surface area contributed by atoms with Crippen molar-refractivity contribution in [3.63, 3.8) is 0 Å². The number of aryl methyl sites for hydroxylation is 1. The number of rotatable bonds is 3. The summed E-state index contributed by atoms with van der Waals surface area (Å²) in [4.78, 5) is 0. The summed E-state index contributed by atoms with van der Waals surface area (Å²) in [5.41, 5.74) is 4.11. The van der Waals surface area contributed by atoms with Gasteiger partial charge in [-0.25, -0.2) is 4.68 Å². The highest BCUT2D eigenvalue weighted by Gasteiger charge is 2.10. The summed E-state index contributed by atoms with van der Waals surface area (Å²) in [6, 6.07) is 18.0. The Morgan fingerprint density at radius 2 is 1.86 bits per heavy atom. The van der Waals surface area contributed by atoms with Crippen LogP contribution in [-0.4, -0.2) is 9.78 Å². The van der Waals surface area contributed by atoms with E-state index in [0.29, 0.717) is 5.02 Å². The van der Waals surface area contributed by atoms with Crippen LogP contribution in [0, 0.1) is 6.92 Å². The van der Waals surface area contributed by atoms with Gasteiger partial charge >= 0.3 is 0 Å². The first-order valence-corrected chi connectivity index (χ1v) is 8.05. The molecular weight excluding hydrogens is 360 g/mol. The molecule has 0 aliphatic heterocycles. The molecule has 0 fully saturated rings. The molecule has 2 aromatic carbocycles. The third kappa shape index (κ3) is 3.32. The first-order chi connectivity index (χ1) is 10.6. The molecule has 0 radical (unpaired) electrons. The molecule has 0 bridgehead atoms. The maximum Gasteiger partial charge on any atom is 0.0748 e. The van der Waals surface area contributed by atoms with Gasteiger partial charge in [0.1, 0.15) is 0 Å². The normalized spacial score (nSPS) is 11.2. The smallest absolute Gasteiger partial charge is 0.0748 e. The summed E-state index contributed by atoms with van der Waals surface area (Å²) in [7, 11) is 0. The molecule has 22 heavy (non-hydrogen) atoms. The van der Waals surface area contributed by atoms with Gasteiger partial charge in [0.15, 0.2) is 0 Å². The average Bonchev–Trinajstić information content (AvgIpc) is 2.89. The van der Waals surface area contributed by atoms with Gasteiger partial charge in [-0.05, 0) is 42.8 Å². The number of hydrogen-bond donors (Lipinski definition) is 0. The zero-order valence-corrected chi connectivity index (χ0v) is 14.3. The predicted molar refractivity (Wildman–Crippen MR) is 96.8 cm³/mol. The monoisotopic (exact) mass is 372 g/mol. The first-order valence-electron chi connectivity index (χ1n) is 6.88. The van der Waals surface area contributed by atoms with Crippen LogP contribution in [0.2, 0.25) is 5.02 Å². The van der Waals surface area contributed by atoms with Gasteiger partial charge < -0.3 is 0 Å². The van der Waals surface area contributed by atoms with E-state index in [4.69, 9.17) is 11.6 Å². The minimum Gasteiger partial charge on any atom is -0.240 e. The van der Waals surface area contributed by atoms with Crippen LogP contribution < -0.4 is 0 Å². The Labute approximate surface area is 143 Å². The van der Waals surface area contributed by atoms with Crippen molar-refractivity contribution in [3.8, 4) is 11.3 Å². The fourth-order valence-corrected chi connectivity index (χ4v) is 2.87. The molecule has 0 spiro atoms. The lowest BCUT2D eigenvalue weighted by Crippen LogP contribution is -1.93. The third-order valence-electron chi connectivity index (χ3n) is 3.27. The topological polar surface area (TPSA) is 17.8 Å². The second-order valence-corrected chi connectivity index (χ2v) is 6.26. The molecule has 0 amide bonds. The maximum atomic E-state index is 6.13. The van der Waals surface area contributed by atoms with E-state index in [0.717, 1.165) is 27.0 Å². The van der Waals surface area contributed by atoms with Crippen LogP contribution in [-0.2, 0) is 0 Å². The van der Waals surface area contributed by atoms with Crippen molar-refractivity contribution in [2.75, 3.05) is 0 Å². The molecule has 0 saturated carbocycles. The van der Waals surface area contributed by atoms with Crippen LogP contribution in [0.4, 0.5) is 0 Å². The van der Waals surface area contributed by atoms with E-state index in [1.54, 1.807) is 0 Å². The molecule has 0 aliphatic carbocycles. The molecule has 3 rings (SSSR count). The lowest BCUT2D eigenvalue weighted by atomic mass is 10.1. The molecule has 1 heterocycles. The lowest BCUT2D eigenvalue weighted by Gasteiger charge is -2.06. The zero-order chi connectivity index (χ0) is 15.5. The van der Waals surface area contributed by atoms with Gasteiger partial charge in [-0.15, -0.1) is 0 Å². The Morgan fingerprint density at radius 1 is 1.09 bits per heavy atom. The Kier molecular flexibility index (Phi) is 4.46. The van der Waals surface area contributed by atoms with Gasteiger partial charge in [-0.1, -0.05) is 57.9 Å². The van der Waals surface area contributed by atoms with Crippen LogP contribution in [0.5, 0.6) is 0 Å². The van der Waals surface area contributed by atoms with Gasteiger partial charge in [0.05, 0.1) is 11.4 Å². The quantitative estimate of drug-likeness (QED) is 0.558. The Morgan fingerprint density at radius 3 is 2.64 bits per heavy atom. The van der Waals surface area contributed by atoms with Crippen molar-refractivity contribution >= 4 is 39.8 Å². The average molecular weight is 374 g/mol. The fourth-order valence-electron chi connectivity index (χ4n) is 2.25. The fraction of sp³-hybridized carbons (Fsp3) is 0.0556. The van der Waals surface area contributed by atoms with E-state index in [-0.39, 0.29) is 0 Å². The zero-order valence-electron chi connectivity index (χ0n) is 12.0. The third-order valence-corrected chi connectivity index (χ3v) is 4.20. The summed E-state index contributed by atoms with van der Waals surface area (Å²) in [6.45, 7) is 1.98. The summed E-state index contributed by atoms with van der Waals surface area (Å²) < 4.78 is 2.87. The standard InChI is InChI=1S/C18H14BrClN2/c1-13-11-18(16-12-15(20)7-8-17(16)19)22(21-13)10-9-14-5-3-2-4-6-14/h2-12H,1H3/b10-9-. The van der Waals surface area contributed by atoms with Gasteiger partial charge in [0, 0.05) is 21.3 Å². The lowest BCUT2D eigenvalue weighted by molar-refractivity contribution is 0.920. The molecule has 0 aliphatic rings. The van der Waals surface area contributed by atoms with Gasteiger partial charge in [0.2, 0.25) is 0 Å². The molecule has 0 N–H and O–H groups in total. The number of halogens is 2. The van der Waals surface area contributed by atoms with Gasteiger partial charge in [-0.3, -0.25) is 0 Å². The van der Waals surface area contributed by atoms with Crippen LogP contribution >= 0.6 is 27.5 Å². The van der Waals surface area contributed by atoms with Crippen molar-refractivity contribution < 1.29 is 0 Å². The molecule has 4 heteroatoms. The highest BCUT2D eigenvalue weighted by Crippen LogP contribution is 2.31. The maximum absolute atomic E-state index is 6.13. The molecule has 110 valence electrons. The molecule has 3 aromatic rings. The number of nitrogens with zero attached hydrogens (tertiary/aromatic N) is 2. The summed E-state index contributed by atoms with van der Waals surface area (Å²) in [5, 5.41) is 5.24. The van der Waals surface area contributed by atoms with Crippen LogP contribution in [0.1, 0.15) is 11.3 Å². The van der Waals surface area contributed by atoms with Crippen LogP contribution in [0.15, 0.2) is 59.1 Å². The molecule has 0 atom stereocenters. The summed E-state index contributed by atoms with van der Waals surface area (Å²) in [5.74, 6) is 0. The van der Waals surface area contributed by atoms with Crippen molar-refractivity contribution in [1.29, 1.82) is 0 Å². The minimum atomic E-state index is 0.704. The van der Waals surface area contributed by atoms with E-state index >= 15 is 0 Å². The van der Waals surface area contributed by atoms with E-state index in [9.17, 15) is 0 Å². The molecule has 0 saturated heterocycles. The highest BCUT2D eigenvalue weighted by atomic mass is 79.9. The highest BCUT2D eigenvalue weighted by molar-refractivity contribution is 9.10. The Hall–Kier alpha value is -1.84. The van der Waals surface area contributed by atoms with Gasteiger partial charge in [-0.2, -0.15) is 5.10 Å². The SMILES string of the molecule is Cc1cc(-c2cc(Cl)ccc2Br)n(/C=C\c2ccccc2)n1. The van der Waals surface area contributed by atoms with Crippen molar-refractivity contribution in [1.82, 2.24) is 9.78 Å². The number of benzene rings is 2. The van der Waals surface area contributed by atoms with E-state index in [1.807, 2.05) is 66.3 Å². The van der Waals surface area contributed by atoms with Gasteiger partial charge in [0.25, 0.3) is 0 Å². The molecular formula is C18H14BrClN2. The minimum absolute atomic E-state index is 0.704. The Balaban J connectivity index is 2.03. The van der Waals surface area contributed by atoms with E-state index < -0.39 is 0 Å². The van der Waals surface area contributed by atoms with Crippen molar-refractivity contribution in [2.45, 2.75) is 6.92 Å². The predicted octanol–water partition coefficient (Wildman–Crippen LogP) is 5.90. The van der Waals surface area contributed by atoms with Crippen LogP contribution in [0.25, 0.3) is 23.5 Å². The molecule has 1 aromatic heterocycles. The van der Waals surface area contributed by atoms with Crippen molar-refractivity contribution in [2.24, 2.45) is 0 Å². The molecule has 2 nitrogen and oxygen atoms in total.